The lowest BCUT2D eigenvalue weighted by atomic mass is 10.2. The van der Waals surface area contributed by atoms with Crippen LogP contribution in [0.3, 0.4) is 0 Å². The van der Waals surface area contributed by atoms with Crippen LogP contribution in [0.4, 0.5) is 0 Å². The Morgan fingerprint density at radius 2 is 2.18 bits per heavy atom. The van der Waals surface area contributed by atoms with E-state index in [4.69, 9.17) is 0 Å². The minimum atomic E-state index is 0.0512. The molecule has 0 aliphatic heterocycles. The van der Waals surface area contributed by atoms with Crippen LogP contribution in [0.1, 0.15) is 5.56 Å². The number of nitrogens with zero attached hydrogens (tertiary/aromatic N) is 2. The van der Waals surface area contributed by atoms with Crippen molar-refractivity contribution in [3.63, 3.8) is 0 Å². The highest BCUT2D eigenvalue weighted by Gasteiger charge is 2.01. The Morgan fingerprint density at radius 3 is 2.88 bits per heavy atom. The van der Waals surface area contributed by atoms with Gasteiger partial charge in [0, 0.05) is 0 Å². The predicted octanol–water partition coefficient (Wildman–Crippen LogP) is 2.18. The maximum atomic E-state index is 11.5. The molecule has 0 saturated heterocycles. The van der Waals surface area contributed by atoms with E-state index in [1.54, 1.807) is 6.08 Å². The number of aromatic amines is 1. The minimum absolute atomic E-state index is 0.0512. The molecule has 0 aliphatic rings. The predicted molar refractivity (Wildman–Crippen MR) is 67.6 cm³/mol. The first-order chi connectivity index (χ1) is 8.34. The number of carbonyl (C=O) groups is 1. The molecular weight excluding hydrogens is 234 g/mol. The third-order valence-corrected chi connectivity index (χ3v) is 2.90. The molecule has 0 radical (unpaired) electrons. The summed E-state index contributed by atoms with van der Waals surface area (Å²) < 4.78 is 0. The number of rotatable bonds is 5. The second-order valence-corrected chi connectivity index (χ2v) is 4.25. The van der Waals surface area contributed by atoms with Gasteiger partial charge >= 0.3 is 0 Å². The lowest BCUT2D eigenvalue weighted by molar-refractivity contribution is -0.112. The summed E-state index contributed by atoms with van der Waals surface area (Å²) in [6, 6.07) is 9.72. The number of hydrogen-bond acceptors (Lipinski definition) is 4. The number of hydrogen-bond donors (Lipinski definition) is 1. The fourth-order valence-corrected chi connectivity index (χ4v) is 1.82. The highest BCUT2D eigenvalue weighted by Crippen LogP contribution is 2.11. The zero-order valence-electron chi connectivity index (χ0n) is 9.04. The molecule has 1 aromatic carbocycles. The second-order valence-electron chi connectivity index (χ2n) is 3.29. The molecule has 4 nitrogen and oxygen atoms in total. The van der Waals surface area contributed by atoms with Crippen LogP contribution in [0, 0.1) is 0 Å². The van der Waals surface area contributed by atoms with Crippen molar-refractivity contribution in [3.05, 3.63) is 48.3 Å². The molecule has 5 heteroatoms. The molecule has 0 fully saturated rings. The lowest BCUT2D eigenvalue weighted by Crippen LogP contribution is -1.96. The standard InChI is InChI=1S/C12H11N3OS/c16-11(8-17-12-13-9-14-15-12)7-6-10-4-2-1-3-5-10/h1-7,9H,8H2,(H,13,14,15)/b7-6-. The smallest absolute Gasteiger partial charge is 0.183 e. The highest BCUT2D eigenvalue weighted by atomic mass is 32.2. The molecule has 1 aromatic heterocycles. The first-order valence-corrected chi connectivity index (χ1v) is 6.07. The molecule has 0 bridgehead atoms. The van der Waals surface area contributed by atoms with Gasteiger partial charge in [-0.3, -0.25) is 9.89 Å². The Bertz CT molecular complexity index is 494. The van der Waals surface area contributed by atoms with Gasteiger partial charge in [0.1, 0.15) is 6.33 Å². The number of thioether (sulfide) groups is 1. The molecule has 0 aliphatic carbocycles. The normalized spacial score (nSPS) is 10.8. The van der Waals surface area contributed by atoms with Crippen LogP contribution in [0.2, 0.25) is 0 Å². The maximum Gasteiger partial charge on any atom is 0.183 e. The number of benzene rings is 1. The van der Waals surface area contributed by atoms with Crippen molar-refractivity contribution in [2.45, 2.75) is 5.16 Å². The SMILES string of the molecule is O=C(/C=C\c1ccccc1)CSc1ncn[nH]1. The molecule has 86 valence electrons. The van der Waals surface area contributed by atoms with Crippen LogP contribution >= 0.6 is 11.8 Å². The van der Waals surface area contributed by atoms with Crippen LogP contribution in [-0.2, 0) is 4.79 Å². The Kier molecular flexibility index (Phi) is 4.10. The van der Waals surface area contributed by atoms with Gasteiger partial charge in [-0.25, -0.2) is 4.98 Å². The largest absolute Gasteiger partial charge is 0.294 e. The van der Waals surface area contributed by atoms with E-state index in [-0.39, 0.29) is 5.78 Å². The van der Waals surface area contributed by atoms with Crippen LogP contribution in [0.15, 0.2) is 47.9 Å². The monoisotopic (exact) mass is 245 g/mol. The van der Waals surface area contributed by atoms with Gasteiger partial charge in [-0.1, -0.05) is 48.2 Å². The lowest BCUT2D eigenvalue weighted by Gasteiger charge is -1.93. The highest BCUT2D eigenvalue weighted by molar-refractivity contribution is 7.99. The molecule has 1 N–H and O–H groups in total. The topological polar surface area (TPSA) is 58.6 Å². The van der Waals surface area contributed by atoms with Gasteiger partial charge < -0.3 is 0 Å². The first kappa shape index (κ1) is 11.6. The molecular formula is C12H11N3OS. The van der Waals surface area contributed by atoms with E-state index in [9.17, 15) is 4.79 Å². The molecule has 1 heterocycles. The number of aromatic nitrogens is 3. The van der Waals surface area contributed by atoms with Crippen molar-refractivity contribution in [3.8, 4) is 0 Å². The fourth-order valence-electron chi connectivity index (χ4n) is 1.20. The van der Waals surface area contributed by atoms with Crippen LogP contribution in [-0.4, -0.2) is 26.7 Å². The van der Waals surface area contributed by atoms with E-state index in [0.29, 0.717) is 10.9 Å². The molecule has 0 amide bonds. The van der Waals surface area contributed by atoms with Gasteiger partial charge in [0.05, 0.1) is 5.75 Å². The van der Waals surface area contributed by atoms with Crippen molar-refractivity contribution in [2.24, 2.45) is 0 Å². The Balaban J connectivity index is 1.83. The Labute approximate surface area is 103 Å². The third kappa shape index (κ3) is 3.88. The number of H-pyrrole nitrogens is 1. The summed E-state index contributed by atoms with van der Waals surface area (Å²) in [4.78, 5) is 15.5. The minimum Gasteiger partial charge on any atom is -0.294 e. The average molecular weight is 245 g/mol. The fraction of sp³-hybridized carbons (Fsp3) is 0.0833. The van der Waals surface area contributed by atoms with E-state index < -0.39 is 0 Å². The van der Waals surface area contributed by atoms with Gasteiger partial charge in [-0.15, -0.1) is 0 Å². The summed E-state index contributed by atoms with van der Waals surface area (Å²) in [5.41, 5.74) is 1.02. The van der Waals surface area contributed by atoms with Gasteiger partial charge in [0.2, 0.25) is 0 Å². The Morgan fingerprint density at radius 1 is 1.35 bits per heavy atom. The molecule has 0 unspecified atom stereocenters. The summed E-state index contributed by atoms with van der Waals surface area (Å²) in [5.74, 6) is 0.411. The second kappa shape index (κ2) is 6.00. The van der Waals surface area contributed by atoms with Crippen molar-refractivity contribution in [1.82, 2.24) is 15.2 Å². The van der Waals surface area contributed by atoms with Crippen LogP contribution in [0.5, 0.6) is 0 Å². The number of carbonyl (C=O) groups excluding carboxylic acids is 1. The van der Waals surface area contributed by atoms with E-state index in [1.165, 1.54) is 18.1 Å². The first-order valence-electron chi connectivity index (χ1n) is 5.09. The molecule has 0 saturated carbocycles. The van der Waals surface area contributed by atoms with Gasteiger partial charge in [-0.05, 0) is 11.6 Å². The third-order valence-electron chi connectivity index (χ3n) is 2.01. The molecule has 2 rings (SSSR count). The number of ketones is 1. The summed E-state index contributed by atoms with van der Waals surface area (Å²) in [6.45, 7) is 0. The number of allylic oxidation sites excluding steroid dienone is 1. The van der Waals surface area contributed by atoms with E-state index in [1.807, 2.05) is 36.4 Å². The van der Waals surface area contributed by atoms with Crippen molar-refractivity contribution < 1.29 is 4.79 Å². The van der Waals surface area contributed by atoms with Crippen LogP contribution < -0.4 is 0 Å². The zero-order valence-corrected chi connectivity index (χ0v) is 9.85. The summed E-state index contributed by atoms with van der Waals surface area (Å²) in [6.07, 6.45) is 4.81. The summed E-state index contributed by atoms with van der Waals surface area (Å²) >= 11 is 1.34. The van der Waals surface area contributed by atoms with Gasteiger partial charge in [0.25, 0.3) is 0 Å². The molecule has 0 spiro atoms. The Hall–Kier alpha value is -1.88. The summed E-state index contributed by atoms with van der Waals surface area (Å²) in [5, 5.41) is 7.06. The quantitative estimate of drug-likeness (QED) is 0.648. The van der Waals surface area contributed by atoms with Gasteiger partial charge in [0.15, 0.2) is 10.9 Å². The molecule has 17 heavy (non-hydrogen) atoms. The van der Waals surface area contributed by atoms with E-state index >= 15 is 0 Å². The van der Waals surface area contributed by atoms with Crippen LogP contribution in [0.25, 0.3) is 6.08 Å². The number of nitrogens with one attached hydrogen (secondary N) is 1. The van der Waals surface area contributed by atoms with Crippen molar-refractivity contribution in [1.29, 1.82) is 0 Å². The maximum absolute atomic E-state index is 11.5. The molecule has 2 aromatic rings. The van der Waals surface area contributed by atoms with Crippen molar-refractivity contribution >= 4 is 23.6 Å². The van der Waals surface area contributed by atoms with E-state index in [2.05, 4.69) is 15.2 Å². The zero-order chi connectivity index (χ0) is 11.9. The van der Waals surface area contributed by atoms with Crippen molar-refractivity contribution in [2.75, 3.05) is 5.75 Å². The van der Waals surface area contributed by atoms with Gasteiger partial charge in [-0.2, -0.15) is 5.10 Å². The summed E-state index contributed by atoms with van der Waals surface area (Å²) in [7, 11) is 0. The average Bonchev–Trinajstić information content (AvgIpc) is 2.88. The molecule has 0 atom stereocenters. The van der Waals surface area contributed by atoms with E-state index in [0.717, 1.165) is 5.56 Å².